The normalized spacial score (nSPS) is 31.1. The van der Waals surface area contributed by atoms with Crippen LogP contribution in [0.2, 0.25) is 0 Å². The zero-order chi connectivity index (χ0) is 21.0. The van der Waals surface area contributed by atoms with Crippen molar-refractivity contribution in [3.8, 4) is 11.3 Å². The first-order chi connectivity index (χ1) is 15.7. The van der Waals surface area contributed by atoms with Crippen LogP contribution in [0.25, 0.3) is 22.2 Å². The summed E-state index contributed by atoms with van der Waals surface area (Å²) in [6, 6.07) is 18.2. The fourth-order valence-corrected chi connectivity index (χ4v) is 9.12. The quantitative estimate of drug-likeness (QED) is 0.407. The molecule has 1 heterocycles. The number of aryl methyl sites for hydroxylation is 1. The fraction of sp³-hybridized carbons (Fsp3) is 0.419. The number of rotatable bonds is 2. The number of nitrogens with zero attached hydrogens (tertiary/aromatic N) is 1. The molecule has 177 valence electrons. The van der Waals surface area contributed by atoms with Gasteiger partial charge in [-0.05, 0) is 84.8 Å². The summed E-state index contributed by atoms with van der Waals surface area (Å²) < 4.78 is 2.44. The summed E-state index contributed by atoms with van der Waals surface area (Å²) in [6.07, 6.45) is 16.3. The molecule has 35 heavy (non-hydrogen) atoms. The SMILES string of the molecule is Cn1c2c(c3ccccc31)C(C1=CC[C-]=C1C13CC4CC(CC(C4)C1)C3)c1ccccc1-2.[Cl-].[Cl-].[Zr+3]. The van der Waals surface area contributed by atoms with Crippen molar-refractivity contribution in [1.82, 2.24) is 4.57 Å². The predicted molar refractivity (Wildman–Crippen MR) is 130 cm³/mol. The molecular weight excluding hydrogens is 548 g/mol. The number of hydrogen-bond donors (Lipinski definition) is 0. The number of benzene rings is 2. The van der Waals surface area contributed by atoms with Crippen molar-refractivity contribution in [1.29, 1.82) is 0 Å². The van der Waals surface area contributed by atoms with E-state index >= 15 is 0 Å². The second kappa shape index (κ2) is 9.04. The molecular formula is C31H30Cl2NZr. The van der Waals surface area contributed by atoms with Crippen LogP contribution in [-0.2, 0) is 33.3 Å². The Morgan fingerprint density at radius 1 is 0.857 bits per heavy atom. The molecule has 0 spiro atoms. The molecule has 6 aliphatic carbocycles. The summed E-state index contributed by atoms with van der Waals surface area (Å²) in [5, 5.41) is 1.43. The smallest absolute Gasteiger partial charge is 1.00 e. The molecule has 4 saturated carbocycles. The Hall–Kier alpha value is -1.08. The number of allylic oxidation sites excluding steroid dienone is 4. The largest absolute Gasteiger partial charge is 3.00 e. The van der Waals surface area contributed by atoms with Crippen LogP contribution in [0, 0.1) is 29.2 Å². The summed E-state index contributed by atoms with van der Waals surface area (Å²) in [6.45, 7) is 0. The standard InChI is InChI=1S/C31H30N.2ClH.Zr/c1-32-27-12-5-4-9-25(27)29-28(22-7-2-3-8-23(22)30(29)32)24-10-6-11-26(24)31-16-19-13-20(17-31)15-21(14-19)18-31;;;/h2-5,7-10,12,19-21,28H,6,13-18H2,1H3;2*1H;/q-1;;;+3/p-2. The third-order valence-corrected chi connectivity index (χ3v) is 9.73. The Morgan fingerprint density at radius 3 is 2.20 bits per heavy atom. The molecule has 0 amide bonds. The van der Waals surface area contributed by atoms with Gasteiger partial charge in [0, 0.05) is 23.5 Å². The van der Waals surface area contributed by atoms with Crippen LogP contribution in [0.5, 0.6) is 0 Å². The van der Waals surface area contributed by atoms with E-state index in [0.29, 0.717) is 11.3 Å². The summed E-state index contributed by atoms with van der Waals surface area (Å²) in [7, 11) is 2.26. The molecule has 4 heteroatoms. The van der Waals surface area contributed by atoms with Crippen molar-refractivity contribution in [3.63, 3.8) is 0 Å². The van der Waals surface area contributed by atoms with Gasteiger partial charge in [-0.15, -0.1) is 6.42 Å². The zero-order valence-electron chi connectivity index (χ0n) is 20.2. The van der Waals surface area contributed by atoms with Gasteiger partial charge in [-0.25, -0.2) is 5.57 Å². The first kappa shape index (κ1) is 25.6. The van der Waals surface area contributed by atoms with E-state index in [1.807, 2.05) is 0 Å². The summed E-state index contributed by atoms with van der Waals surface area (Å²) >= 11 is 0. The zero-order valence-corrected chi connectivity index (χ0v) is 24.1. The minimum absolute atomic E-state index is 0. The Morgan fingerprint density at radius 2 is 1.49 bits per heavy atom. The van der Waals surface area contributed by atoms with E-state index in [1.54, 1.807) is 16.7 Å². The molecule has 6 aliphatic rings. The third kappa shape index (κ3) is 3.42. The van der Waals surface area contributed by atoms with Crippen molar-refractivity contribution >= 4 is 10.9 Å². The fourth-order valence-electron chi connectivity index (χ4n) is 9.12. The minimum Gasteiger partial charge on any atom is -1.00 e. The molecule has 0 N–H and O–H groups in total. The predicted octanol–water partition coefficient (Wildman–Crippen LogP) is 1.57. The number of aromatic nitrogens is 1. The van der Waals surface area contributed by atoms with Gasteiger partial charge in [0.2, 0.25) is 0 Å². The van der Waals surface area contributed by atoms with Crippen LogP contribution < -0.4 is 24.8 Å². The van der Waals surface area contributed by atoms with Gasteiger partial charge >= 0.3 is 26.2 Å². The average Bonchev–Trinajstić information content (AvgIpc) is 3.47. The second-order valence-electron chi connectivity index (χ2n) is 11.5. The van der Waals surface area contributed by atoms with Crippen molar-refractivity contribution in [2.75, 3.05) is 0 Å². The van der Waals surface area contributed by atoms with Gasteiger partial charge < -0.3 is 29.4 Å². The molecule has 1 nitrogen and oxygen atoms in total. The molecule has 1 radical (unpaired) electrons. The second-order valence-corrected chi connectivity index (χ2v) is 11.5. The Labute approximate surface area is 240 Å². The van der Waals surface area contributed by atoms with Gasteiger partial charge in [0.25, 0.3) is 0 Å². The molecule has 1 unspecified atom stereocenters. The monoisotopic (exact) mass is 576 g/mol. The van der Waals surface area contributed by atoms with Gasteiger partial charge in [-0.2, -0.15) is 11.6 Å². The molecule has 2 aromatic carbocycles. The molecule has 0 aliphatic heterocycles. The Balaban J connectivity index is 0.000000845. The van der Waals surface area contributed by atoms with Gasteiger partial charge in [0.05, 0.1) is 5.69 Å². The molecule has 4 bridgehead atoms. The summed E-state index contributed by atoms with van der Waals surface area (Å²) in [4.78, 5) is 0. The van der Waals surface area contributed by atoms with Crippen molar-refractivity contribution < 1.29 is 51.0 Å². The number of fused-ring (bicyclic) bond motifs is 5. The molecule has 0 saturated heterocycles. The minimum atomic E-state index is 0. The Bertz CT molecular complexity index is 1330. The molecule has 1 atom stereocenters. The van der Waals surface area contributed by atoms with Gasteiger partial charge in [-0.3, -0.25) is 6.08 Å². The van der Waals surface area contributed by atoms with Crippen LogP contribution in [0.15, 0.2) is 65.8 Å². The van der Waals surface area contributed by atoms with E-state index in [-0.39, 0.29) is 51.0 Å². The molecule has 4 fully saturated rings. The Kier molecular flexibility index (Phi) is 6.60. The van der Waals surface area contributed by atoms with Crippen molar-refractivity contribution in [2.24, 2.45) is 30.2 Å². The van der Waals surface area contributed by atoms with Crippen LogP contribution in [-0.4, -0.2) is 4.57 Å². The number of hydrogen-bond acceptors (Lipinski definition) is 0. The van der Waals surface area contributed by atoms with Gasteiger partial charge in [0.1, 0.15) is 0 Å². The van der Waals surface area contributed by atoms with E-state index < -0.39 is 0 Å². The first-order valence-electron chi connectivity index (χ1n) is 12.7. The topological polar surface area (TPSA) is 4.93 Å². The van der Waals surface area contributed by atoms with Crippen molar-refractivity contribution in [2.45, 2.75) is 50.9 Å². The van der Waals surface area contributed by atoms with E-state index in [0.717, 1.165) is 24.2 Å². The molecule has 9 rings (SSSR count). The van der Waals surface area contributed by atoms with Crippen LogP contribution in [0.3, 0.4) is 0 Å². The molecule has 1 aromatic heterocycles. The number of para-hydroxylation sites is 1. The van der Waals surface area contributed by atoms with Crippen molar-refractivity contribution in [3.05, 3.63) is 83.0 Å². The number of halogens is 2. The van der Waals surface area contributed by atoms with Gasteiger partial charge in [-0.1, -0.05) is 42.5 Å². The third-order valence-electron chi connectivity index (χ3n) is 9.73. The molecule has 3 aromatic rings. The maximum absolute atomic E-state index is 3.97. The maximum Gasteiger partial charge on any atom is 3.00 e. The van der Waals surface area contributed by atoms with Crippen LogP contribution in [0.4, 0.5) is 0 Å². The van der Waals surface area contributed by atoms with Gasteiger partial charge in [0.15, 0.2) is 0 Å². The van der Waals surface area contributed by atoms with E-state index in [2.05, 4.69) is 72.3 Å². The summed E-state index contributed by atoms with van der Waals surface area (Å²) in [5.74, 6) is 3.29. The average molecular weight is 579 g/mol. The van der Waals surface area contributed by atoms with E-state index in [4.69, 9.17) is 0 Å². The van der Waals surface area contributed by atoms with E-state index in [9.17, 15) is 0 Å². The van der Waals surface area contributed by atoms with Crippen LogP contribution in [0.1, 0.15) is 62.0 Å². The first-order valence-corrected chi connectivity index (χ1v) is 12.7. The maximum atomic E-state index is 3.97. The summed E-state index contributed by atoms with van der Waals surface area (Å²) in [5.41, 5.74) is 10.9. The van der Waals surface area contributed by atoms with E-state index in [1.165, 1.54) is 66.2 Å². The van der Waals surface area contributed by atoms with Crippen LogP contribution >= 0.6 is 0 Å².